The van der Waals surface area contributed by atoms with Crippen LogP contribution in [0.1, 0.15) is 22.6 Å². The van der Waals surface area contributed by atoms with Crippen molar-refractivity contribution in [2.75, 3.05) is 5.73 Å². The smallest absolute Gasteiger partial charge is 0.221 e. The van der Waals surface area contributed by atoms with Crippen LogP contribution in [0.2, 0.25) is 0 Å². The van der Waals surface area contributed by atoms with Gasteiger partial charge in [0.15, 0.2) is 5.78 Å². The van der Waals surface area contributed by atoms with Crippen LogP contribution in [0.4, 0.5) is 10.3 Å². The molecule has 25 heavy (non-hydrogen) atoms. The van der Waals surface area contributed by atoms with E-state index in [0.29, 0.717) is 11.8 Å². The molecule has 1 aromatic carbocycles. The fourth-order valence-corrected chi connectivity index (χ4v) is 2.92. The highest BCUT2D eigenvalue weighted by atomic mass is 19.1. The van der Waals surface area contributed by atoms with Crippen LogP contribution in [-0.2, 0) is 6.42 Å². The van der Waals surface area contributed by atoms with Crippen LogP contribution < -0.4 is 5.73 Å². The van der Waals surface area contributed by atoms with E-state index in [1.165, 1.54) is 12.1 Å². The lowest BCUT2D eigenvalue weighted by molar-refractivity contribution is 0.0979. The Morgan fingerprint density at radius 3 is 2.88 bits per heavy atom. The Balaban J connectivity index is 1.67. The number of nitrogen functional groups attached to an aromatic ring is 1. The molecular formula is C18H14FN5O. The number of carbonyl (C=O) groups excluding carboxylic acids is 1. The number of nitrogens with zero attached hydrogens (tertiary/aromatic N) is 4. The van der Waals surface area contributed by atoms with E-state index in [1.807, 2.05) is 22.6 Å². The van der Waals surface area contributed by atoms with Crippen molar-refractivity contribution in [3.05, 3.63) is 66.1 Å². The minimum absolute atomic E-state index is 0.0649. The average Bonchev–Trinajstić information content (AvgIpc) is 3.09. The topological polar surface area (TPSA) is 86.2 Å². The molecule has 2 N–H and O–H groups in total. The Morgan fingerprint density at radius 1 is 1.16 bits per heavy atom. The van der Waals surface area contributed by atoms with Gasteiger partial charge < -0.3 is 10.1 Å². The summed E-state index contributed by atoms with van der Waals surface area (Å²) in [7, 11) is 0. The molecule has 0 bridgehead atoms. The predicted octanol–water partition coefficient (Wildman–Crippen LogP) is 2.81. The first-order valence-corrected chi connectivity index (χ1v) is 7.78. The molecule has 0 fully saturated rings. The molecule has 3 heterocycles. The molecule has 0 saturated heterocycles. The summed E-state index contributed by atoms with van der Waals surface area (Å²) in [6, 6.07) is 10.2. The molecule has 124 valence electrons. The minimum atomic E-state index is -0.524. The monoisotopic (exact) mass is 335 g/mol. The Morgan fingerprint density at radius 2 is 2.00 bits per heavy atom. The Labute approximate surface area is 142 Å². The number of para-hydroxylation sites is 1. The van der Waals surface area contributed by atoms with Gasteiger partial charge >= 0.3 is 0 Å². The number of carbonyl (C=O) groups is 1. The first-order chi connectivity index (χ1) is 12.1. The number of benzene rings is 1. The number of ketones is 1. The lowest BCUT2D eigenvalue weighted by Crippen LogP contribution is -2.10. The molecular weight excluding hydrogens is 321 g/mol. The van der Waals surface area contributed by atoms with Gasteiger partial charge in [-0.3, -0.25) is 4.79 Å². The van der Waals surface area contributed by atoms with Crippen LogP contribution in [0.15, 0.2) is 48.9 Å². The summed E-state index contributed by atoms with van der Waals surface area (Å²) < 4.78 is 15.9. The molecule has 0 atom stereocenters. The molecule has 0 amide bonds. The van der Waals surface area contributed by atoms with E-state index in [1.54, 1.807) is 18.6 Å². The van der Waals surface area contributed by atoms with E-state index in [-0.39, 0.29) is 29.4 Å². The minimum Gasteiger partial charge on any atom is -0.368 e. The normalized spacial score (nSPS) is 11.2. The van der Waals surface area contributed by atoms with Gasteiger partial charge in [-0.2, -0.15) is 0 Å². The number of nitrogens with two attached hydrogens (primary N) is 1. The summed E-state index contributed by atoms with van der Waals surface area (Å²) in [6.45, 7) is 0. The van der Waals surface area contributed by atoms with Gasteiger partial charge in [0.25, 0.3) is 0 Å². The molecule has 0 spiro atoms. The number of pyridine rings is 1. The fraction of sp³-hybridized carbons (Fsp3) is 0.111. The van der Waals surface area contributed by atoms with Crippen LogP contribution in [0.5, 0.6) is 0 Å². The second-order valence-electron chi connectivity index (χ2n) is 5.70. The van der Waals surface area contributed by atoms with Crippen molar-refractivity contribution in [3.8, 4) is 0 Å². The van der Waals surface area contributed by atoms with E-state index in [4.69, 9.17) is 5.73 Å². The second-order valence-corrected chi connectivity index (χ2v) is 5.70. The zero-order valence-corrected chi connectivity index (χ0v) is 13.2. The maximum atomic E-state index is 13.9. The van der Waals surface area contributed by atoms with Crippen molar-refractivity contribution >= 4 is 28.2 Å². The van der Waals surface area contributed by atoms with E-state index < -0.39 is 5.82 Å². The summed E-state index contributed by atoms with van der Waals surface area (Å²) in [5.74, 6) is -0.844. The number of imidazole rings is 1. The van der Waals surface area contributed by atoms with Crippen molar-refractivity contribution in [2.24, 2.45) is 0 Å². The lowest BCUT2D eigenvalue weighted by atomic mass is 10.1. The standard InChI is InChI=1S/C18H14FN5O/c19-14-6-2-5-13-16(14)22-18(20)23-17(13)15(25)8-7-11-3-1-4-12-9-21-10-24(11)12/h1-6,9-10H,7-8H2,(H2,20,22,23). The Hall–Kier alpha value is -3.35. The summed E-state index contributed by atoms with van der Waals surface area (Å²) in [5.41, 5.74) is 7.78. The van der Waals surface area contributed by atoms with E-state index in [2.05, 4.69) is 15.0 Å². The summed E-state index contributed by atoms with van der Waals surface area (Å²) >= 11 is 0. The number of hydrogen-bond acceptors (Lipinski definition) is 5. The maximum Gasteiger partial charge on any atom is 0.221 e. The zero-order valence-electron chi connectivity index (χ0n) is 13.2. The third-order valence-corrected chi connectivity index (χ3v) is 4.10. The van der Waals surface area contributed by atoms with E-state index in [0.717, 1.165) is 11.2 Å². The van der Waals surface area contributed by atoms with Crippen molar-refractivity contribution in [2.45, 2.75) is 12.8 Å². The van der Waals surface area contributed by atoms with Crippen molar-refractivity contribution in [1.29, 1.82) is 0 Å². The first-order valence-electron chi connectivity index (χ1n) is 7.78. The molecule has 4 rings (SSSR count). The molecule has 0 aliphatic heterocycles. The van der Waals surface area contributed by atoms with Gasteiger partial charge in [-0.05, 0) is 24.6 Å². The van der Waals surface area contributed by atoms with Crippen LogP contribution >= 0.6 is 0 Å². The number of aryl methyl sites for hydroxylation is 1. The third-order valence-electron chi connectivity index (χ3n) is 4.10. The molecule has 7 heteroatoms. The molecule has 0 radical (unpaired) electrons. The number of fused-ring (bicyclic) bond motifs is 2. The number of anilines is 1. The van der Waals surface area contributed by atoms with Crippen molar-refractivity contribution < 1.29 is 9.18 Å². The predicted molar refractivity (Wildman–Crippen MR) is 91.8 cm³/mol. The molecule has 0 unspecified atom stereocenters. The number of halogens is 1. The van der Waals surface area contributed by atoms with Crippen LogP contribution in [0, 0.1) is 5.82 Å². The highest BCUT2D eigenvalue weighted by Gasteiger charge is 2.16. The van der Waals surface area contributed by atoms with Gasteiger partial charge in [0.05, 0.1) is 18.0 Å². The number of Topliss-reactive ketones (excluding diaryl/α,β-unsaturated/α-hetero) is 1. The fourth-order valence-electron chi connectivity index (χ4n) is 2.92. The van der Waals surface area contributed by atoms with Gasteiger partial charge in [-0.15, -0.1) is 0 Å². The van der Waals surface area contributed by atoms with Crippen LogP contribution in [0.3, 0.4) is 0 Å². The molecule has 3 aromatic heterocycles. The van der Waals surface area contributed by atoms with Gasteiger partial charge in [0.1, 0.15) is 17.0 Å². The van der Waals surface area contributed by atoms with Gasteiger partial charge in [-0.25, -0.2) is 19.3 Å². The maximum absolute atomic E-state index is 13.9. The SMILES string of the molecule is Nc1nc(C(=O)CCc2cccc3cncn23)c2cccc(F)c2n1. The quantitative estimate of drug-likeness (QED) is 0.580. The summed E-state index contributed by atoms with van der Waals surface area (Å²) in [4.78, 5) is 24.7. The van der Waals surface area contributed by atoms with Crippen molar-refractivity contribution in [1.82, 2.24) is 19.4 Å². The largest absolute Gasteiger partial charge is 0.368 e. The molecule has 6 nitrogen and oxygen atoms in total. The Kier molecular flexibility index (Phi) is 3.61. The highest BCUT2D eigenvalue weighted by Crippen LogP contribution is 2.21. The van der Waals surface area contributed by atoms with Gasteiger partial charge in [0, 0.05) is 17.5 Å². The first kappa shape index (κ1) is 15.2. The average molecular weight is 335 g/mol. The summed E-state index contributed by atoms with van der Waals surface area (Å²) in [6.07, 6.45) is 4.20. The Bertz CT molecular complexity index is 1110. The molecule has 0 saturated carbocycles. The second kappa shape index (κ2) is 5.94. The molecule has 4 aromatic rings. The van der Waals surface area contributed by atoms with Crippen molar-refractivity contribution in [3.63, 3.8) is 0 Å². The third kappa shape index (κ3) is 2.69. The molecule has 0 aliphatic rings. The summed E-state index contributed by atoms with van der Waals surface area (Å²) in [5, 5.41) is 0.375. The van der Waals surface area contributed by atoms with Crippen LogP contribution in [0.25, 0.3) is 16.4 Å². The van der Waals surface area contributed by atoms with Crippen LogP contribution in [-0.4, -0.2) is 25.1 Å². The lowest BCUT2D eigenvalue weighted by Gasteiger charge is -2.08. The van der Waals surface area contributed by atoms with Gasteiger partial charge in [0.2, 0.25) is 5.95 Å². The highest BCUT2D eigenvalue weighted by molar-refractivity contribution is 6.06. The van der Waals surface area contributed by atoms with E-state index >= 15 is 0 Å². The number of rotatable bonds is 4. The number of aromatic nitrogens is 4. The molecule has 0 aliphatic carbocycles. The zero-order chi connectivity index (χ0) is 17.4. The van der Waals surface area contributed by atoms with Gasteiger partial charge in [-0.1, -0.05) is 18.2 Å². The number of hydrogen-bond donors (Lipinski definition) is 1. The van der Waals surface area contributed by atoms with E-state index in [9.17, 15) is 9.18 Å².